The molecule has 2 aromatic heterocycles. The van der Waals surface area contributed by atoms with Gasteiger partial charge in [0.25, 0.3) is 5.69 Å². The van der Waals surface area contributed by atoms with Crippen molar-refractivity contribution in [2.24, 2.45) is 0 Å². The first kappa shape index (κ1) is 15.2. The van der Waals surface area contributed by atoms with E-state index in [0.29, 0.717) is 28.4 Å². The number of nitriles is 1. The number of nitrogens with zero attached hydrogens (tertiary/aromatic N) is 3. The van der Waals surface area contributed by atoms with Crippen LogP contribution in [0.1, 0.15) is 11.5 Å². The summed E-state index contributed by atoms with van der Waals surface area (Å²) in [6.07, 6.45) is 3.19. The zero-order valence-electron chi connectivity index (χ0n) is 12.4. The van der Waals surface area contributed by atoms with Gasteiger partial charge < -0.3 is 4.42 Å². The molecule has 3 rings (SSSR count). The second-order valence-electron chi connectivity index (χ2n) is 4.89. The van der Waals surface area contributed by atoms with E-state index in [1.165, 1.54) is 12.1 Å². The summed E-state index contributed by atoms with van der Waals surface area (Å²) in [6.45, 7) is 0. The van der Waals surface area contributed by atoms with Crippen LogP contribution in [-0.2, 0) is 0 Å². The van der Waals surface area contributed by atoms with Gasteiger partial charge in [-0.25, -0.2) is 0 Å². The second-order valence-corrected chi connectivity index (χ2v) is 4.89. The number of benzene rings is 1. The van der Waals surface area contributed by atoms with Crippen molar-refractivity contribution in [3.8, 4) is 17.4 Å². The Morgan fingerprint density at radius 3 is 2.79 bits per heavy atom. The number of aromatic nitrogens is 1. The Labute approximate surface area is 137 Å². The number of nitro groups is 1. The van der Waals surface area contributed by atoms with Crippen LogP contribution in [0.15, 0.2) is 65.2 Å². The smallest absolute Gasteiger partial charge is 0.270 e. The van der Waals surface area contributed by atoms with Crippen LogP contribution in [0.25, 0.3) is 23.0 Å². The Hall–Kier alpha value is -3.72. The topological polar surface area (TPSA) is 93.0 Å². The number of nitro benzene ring substituents is 1. The summed E-state index contributed by atoms with van der Waals surface area (Å²) in [6, 6.07) is 17.0. The van der Waals surface area contributed by atoms with Gasteiger partial charge in [0.1, 0.15) is 17.6 Å². The molecule has 0 aliphatic carbocycles. The summed E-state index contributed by atoms with van der Waals surface area (Å²) in [5.41, 5.74) is 1.51. The minimum Gasteiger partial charge on any atom is -0.457 e. The number of furan rings is 1. The maximum Gasteiger partial charge on any atom is 0.270 e. The SMILES string of the molecule is N#C/C(=C\c1ccc(-c2cccc([N+](=O)[O-])c2)o1)c1ccccn1. The Balaban J connectivity index is 1.94. The van der Waals surface area contributed by atoms with E-state index in [9.17, 15) is 15.4 Å². The number of allylic oxidation sites excluding steroid dienone is 1. The molecule has 2 heterocycles. The largest absolute Gasteiger partial charge is 0.457 e. The van der Waals surface area contributed by atoms with Gasteiger partial charge in [0.2, 0.25) is 0 Å². The highest BCUT2D eigenvalue weighted by molar-refractivity contribution is 5.87. The molecule has 1 aromatic carbocycles. The monoisotopic (exact) mass is 317 g/mol. The first-order valence-corrected chi connectivity index (χ1v) is 7.05. The van der Waals surface area contributed by atoms with E-state index < -0.39 is 4.92 Å². The molecule has 116 valence electrons. The highest BCUT2D eigenvalue weighted by Crippen LogP contribution is 2.27. The molecule has 0 fully saturated rings. The lowest BCUT2D eigenvalue weighted by Gasteiger charge is -1.98. The van der Waals surface area contributed by atoms with Crippen molar-refractivity contribution in [1.82, 2.24) is 4.98 Å². The third-order valence-corrected chi connectivity index (χ3v) is 3.32. The zero-order chi connectivity index (χ0) is 16.9. The van der Waals surface area contributed by atoms with E-state index in [0.717, 1.165) is 0 Å². The van der Waals surface area contributed by atoms with Crippen molar-refractivity contribution in [2.75, 3.05) is 0 Å². The molecule has 6 nitrogen and oxygen atoms in total. The van der Waals surface area contributed by atoms with Gasteiger partial charge >= 0.3 is 0 Å². The van der Waals surface area contributed by atoms with Crippen molar-refractivity contribution in [2.45, 2.75) is 0 Å². The fraction of sp³-hybridized carbons (Fsp3) is 0. The van der Waals surface area contributed by atoms with Crippen LogP contribution in [-0.4, -0.2) is 9.91 Å². The number of hydrogen-bond acceptors (Lipinski definition) is 5. The fourth-order valence-electron chi connectivity index (χ4n) is 2.19. The lowest BCUT2D eigenvalue weighted by Crippen LogP contribution is -1.87. The van der Waals surface area contributed by atoms with Gasteiger partial charge in [-0.2, -0.15) is 5.26 Å². The molecular formula is C18H11N3O3. The Morgan fingerprint density at radius 1 is 1.21 bits per heavy atom. The van der Waals surface area contributed by atoms with E-state index in [1.54, 1.807) is 54.7 Å². The summed E-state index contributed by atoms with van der Waals surface area (Å²) >= 11 is 0. The lowest BCUT2D eigenvalue weighted by atomic mass is 10.1. The highest BCUT2D eigenvalue weighted by atomic mass is 16.6. The molecule has 0 aliphatic rings. The van der Waals surface area contributed by atoms with Crippen LogP contribution < -0.4 is 0 Å². The molecule has 6 heteroatoms. The first-order valence-electron chi connectivity index (χ1n) is 7.05. The van der Waals surface area contributed by atoms with Crippen molar-refractivity contribution < 1.29 is 9.34 Å². The van der Waals surface area contributed by atoms with Crippen LogP contribution >= 0.6 is 0 Å². The summed E-state index contributed by atoms with van der Waals surface area (Å²) < 4.78 is 5.68. The van der Waals surface area contributed by atoms with Crippen LogP contribution in [0.2, 0.25) is 0 Å². The van der Waals surface area contributed by atoms with Gasteiger partial charge in [-0.15, -0.1) is 0 Å². The Bertz CT molecular complexity index is 953. The van der Waals surface area contributed by atoms with Crippen molar-refractivity contribution in [3.05, 3.63) is 82.4 Å². The Morgan fingerprint density at radius 2 is 2.08 bits per heavy atom. The third-order valence-electron chi connectivity index (χ3n) is 3.32. The normalized spacial score (nSPS) is 11.0. The van der Waals surface area contributed by atoms with Gasteiger partial charge in [-0.05, 0) is 24.3 Å². The maximum atomic E-state index is 10.9. The van der Waals surface area contributed by atoms with E-state index in [-0.39, 0.29) is 5.69 Å². The van der Waals surface area contributed by atoms with Crippen LogP contribution in [0.4, 0.5) is 5.69 Å². The van der Waals surface area contributed by atoms with Crippen LogP contribution in [0, 0.1) is 21.4 Å². The van der Waals surface area contributed by atoms with Gasteiger partial charge in [0, 0.05) is 30.0 Å². The molecule has 3 aromatic rings. The summed E-state index contributed by atoms with van der Waals surface area (Å²) in [5, 5.41) is 20.1. The van der Waals surface area contributed by atoms with E-state index in [4.69, 9.17) is 4.42 Å². The predicted octanol–water partition coefficient (Wildman–Crippen LogP) is 4.31. The number of non-ortho nitro benzene ring substituents is 1. The molecule has 0 amide bonds. The van der Waals surface area contributed by atoms with Crippen molar-refractivity contribution >= 4 is 17.3 Å². The molecule has 0 bridgehead atoms. The van der Waals surface area contributed by atoms with E-state index in [1.807, 2.05) is 0 Å². The molecule has 0 unspecified atom stereocenters. The van der Waals surface area contributed by atoms with Gasteiger partial charge in [0.05, 0.1) is 16.2 Å². The van der Waals surface area contributed by atoms with E-state index >= 15 is 0 Å². The molecule has 0 radical (unpaired) electrons. The third kappa shape index (κ3) is 3.20. The molecule has 24 heavy (non-hydrogen) atoms. The average Bonchev–Trinajstić information content (AvgIpc) is 3.09. The second kappa shape index (κ2) is 6.58. The summed E-state index contributed by atoms with van der Waals surface area (Å²) in [5.74, 6) is 0.960. The molecular weight excluding hydrogens is 306 g/mol. The zero-order valence-corrected chi connectivity index (χ0v) is 12.4. The first-order chi connectivity index (χ1) is 11.7. The minimum absolute atomic E-state index is 0.00723. The molecule has 0 spiro atoms. The van der Waals surface area contributed by atoms with E-state index in [2.05, 4.69) is 11.1 Å². The minimum atomic E-state index is -0.456. The quantitative estimate of drug-likeness (QED) is 0.406. The average molecular weight is 317 g/mol. The van der Waals surface area contributed by atoms with Gasteiger partial charge in [-0.3, -0.25) is 15.1 Å². The van der Waals surface area contributed by atoms with Gasteiger partial charge in [-0.1, -0.05) is 18.2 Å². The number of rotatable bonds is 4. The molecule has 0 saturated carbocycles. The fourth-order valence-corrected chi connectivity index (χ4v) is 2.19. The predicted molar refractivity (Wildman–Crippen MR) is 88.5 cm³/mol. The lowest BCUT2D eigenvalue weighted by molar-refractivity contribution is -0.384. The molecule has 0 atom stereocenters. The standard InChI is InChI=1S/C18H11N3O3/c19-12-14(17-6-1-2-9-20-17)11-16-7-8-18(24-16)13-4-3-5-15(10-13)21(22)23/h1-11H/b14-11+. The van der Waals surface area contributed by atoms with Crippen LogP contribution in [0.5, 0.6) is 0 Å². The maximum absolute atomic E-state index is 10.9. The summed E-state index contributed by atoms with van der Waals surface area (Å²) in [4.78, 5) is 14.5. The molecule has 0 N–H and O–H groups in total. The van der Waals surface area contributed by atoms with Crippen molar-refractivity contribution in [1.29, 1.82) is 5.26 Å². The summed E-state index contributed by atoms with van der Waals surface area (Å²) in [7, 11) is 0. The molecule has 0 saturated heterocycles. The van der Waals surface area contributed by atoms with Crippen molar-refractivity contribution in [3.63, 3.8) is 0 Å². The number of pyridine rings is 1. The molecule has 0 aliphatic heterocycles. The highest BCUT2D eigenvalue weighted by Gasteiger charge is 2.10. The Kier molecular flexibility index (Phi) is 4.17. The number of hydrogen-bond donors (Lipinski definition) is 0. The van der Waals surface area contributed by atoms with Crippen LogP contribution in [0.3, 0.4) is 0 Å². The van der Waals surface area contributed by atoms with Gasteiger partial charge in [0.15, 0.2) is 0 Å².